The van der Waals surface area contributed by atoms with Gasteiger partial charge in [0.1, 0.15) is 18.1 Å². The van der Waals surface area contributed by atoms with Gasteiger partial charge >= 0.3 is 0 Å². The normalized spacial score (nSPS) is 14.1. The minimum atomic E-state index is -4.47. The van der Waals surface area contributed by atoms with E-state index in [2.05, 4.69) is 6.58 Å². The first-order valence-corrected chi connectivity index (χ1v) is 7.99. The van der Waals surface area contributed by atoms with E-state index in [0.717, 1.165) is 0 Å². The van der Waals surface area contributed by atoms with Gasteiger partial charge in [-0.2, -0.15) is 8.42 Å². The molecule has 0 aliphatic heterocycles. The van der Waals surface area contributed by atoms with Crippen LogP contribution in [0.1, 0.15) is 32.1 Å². The van der Waals surface area contributed by atoms with Gasteiger partial charge in [-0.25, -0.2) is 8.78 Å². The van der Waals surface area contributed by atoms with Crippen molar-refractivity contribution in [3.8, 4) is 0 Å². The molecular weight excluding hydrogens is 295 g/mol. The minimum Gasteiger partial charge on any atom is -0.327 e. The smallest absolute Gasteiger partial charge is 0.267 e. The van der Waals surface area contributed by atoms with E-state index in [1.807, 2.05) is 0 Å². The van der Waals surface area contributed by atoms with Crippen molar-refractivity contribution in [2.45, 2.75) is 44.4 Å². The zero-order valence-corrected chi connectivity index (χ0v) is 12.3. The average Bonchev–Trinajstić information content (AvgIpc) is 2.36. The van der Waals surface area contributed by atoms with Crippen LogP contribution >= 0.6 is 0 Å². The Morgan fingerprint density at radius 2 is 1.65 bits per heavy atom. The Morgan fingerprint density at radius 1 is 1.15 bits per heavy atom. The maximum Gasteiger partial charge on any atom is 0.267 e. The summed E-state index contributed by atoms with van der Waals surface area (Å²) < 4.78 is 66.4. The van der Waals surface area contributed by atoms with Gasteiger partial charge in [-0.3, -0.25) is 8.94 Å². The Labute approximate surface area is 119 Å². The molecule has 0 aromatic rings. The number of rotatable bonds is 10. The minimum absolute atomic E-state index is 0.108. The van der Waals surface area contributed by atoms with Gasteiger partial charge in [-0.1, -0.05) is 25.3 Å². The molecule has 0 fully saturated rings. The number of unbranched alkanes of at least 4 members (excludes halogenated alkanes) is 3. The van der Waals surface area contributed by atoms with Crippen LogP contribution in [0.3, 0.4) is 0 Å². The molecule has 0 rings (SSSR count). The van der Waals surface area contributed by atoms with Crippen LogP contribution in [-0.2, 0) is 10.1 Å². The summed E-state index contributed by atoms with van der Waals surface area (Å²) in [5.41, 5.74) is 4.91. The number of halogens is 3. The van der Waals surface area contributed by atoms with Gasteiger partial charge in [0.2, 0.25) is 0 Å². The van der Waals surface area contributed by atoms with Crippen molar-refractivity contribution in [3.63, 3.8) is 0 Å². The van der Waals surface area contributed by atoms with Gasteiger partial charge in [0, 0.05) is 6.54 Å². The van der Waals surface area contributed by atoms with Crippen LogP contribution in [0.15, 0.2) is 12.7 Å². The molecule has 0 heterocycles. The summed E-state index contributed by atoms with van der Waals surface area (Å²) in [6.07, 6.45) is -0.568. The van der Waals surface area contributed by atoms with Crippen molar-refractivity contribution in [1.29, 1.82) is 0 Å². The standard InChI is InChI=1S/C9H17F3O3S.C3H7N/c10-6-4-2-1-3-5-8(11)9(12)7-16(13,14)15;1-2-3-4/h8-9H,1-7H2,(H,13,14,15);2H,1,3-4H2. The Hall–Kier alpha value is -0.600. The van der Waals surface area contributed by atoms with Crippen LogP contribution in [0, 0.1) is 0 Å². The fourth-order valence-electron chi connectivity index (χ4n) is 1.27. The molecule has 0 saturated heterocycles. The highest BCUT2D eigenvalue weighted by molar-refractivity contribution is 7.85. The summed E-state index contributed by atoms with van der Waals surface area (Å²) in [7, 11) is -4.47. The average molecular weight is 319 g/mol. The molecule has 8 heteroatoms. The number of hydrogen-bond acceptors (Lipinski definition) is 3. The van der Waals surface area contributed by atoms with E-state index in [1.165, 1.54) is 0 Å². The monoisotopic (exact) mass is 319 g/mol. The topological polar surface area (TPSA) is 80.4 Å². The summed E-state index contributed by atoms with van der Waals surface area (Å²) in [5, 5.41) is 0. The van der Waals surface area contributed by atoms with Gasteiger partial charge in [-0.15, -0.1) is 6.58 Å². The molecule has 0 aliphatic carbocycles. The molecule has 0 aromatic heterocycles. The van der Waals surface area contributed by atoms with E-state index in [0.29, 0.717) is 32.2 Å². The van der Waals surface area contributed by atoms with Crippen LogP contribution in [-0.4, -0.2) is 44.3 Å². The number of alkyl halides is 3. The van der Waals surface area contributed by atoms with Crippen molar-refractivity contribution in [1.82, 2.24) is 0 Å². The quantitative estimate of drug-likeness (QED) is 0.368. The molecule has 122 valence electrons. The van der Waals surface area contributed by atoms with Gasteiger partial charge in [0.15, 0.2) is 0 Å². The van der Waals surface area contributed by atoms with E-state index < -0.39 is 34.9 Å². The third kappa shape index (κ3) is 17.4. The highest BCUT2D eigenvalue weighted by Gasteiger charge is 2.25. The lowest BCUT2D eigenvalue weighted by Gasteiger charge is -2.11. The molecule has 3 N–H and O–H groups in total. The van der Waals surface area contributed by atoms with E-state index in [9.17, 15) is 21.6 Å². The van der Waals surface area contributed by atoms with E-state index >= 15 is 0 Å². The first-order chi connectivity index (χ1) is 9.28. The van der Waals surface area contributed by atoms with Crippen molar-refractivity contribution in [2.75, 3.05) is 19.0 Å². The SMILES string of the molecule is C=CCN.O=S(=O)(O)CC(F)C(F)CCCCCCF. The first-order valence-electron chi connectivity index (χ1n) is 6.38. The summed E-state index contributed by atoms with van der Waals surface area (Å²) in [6, 6.07) is 0. The summed E-state index contributed by atoms with van der Waals surface area (Å²) in [4.78, 5) is 0. The Kier molecular flexibility index (Phi) is 14.5. The Morgan fingerprint density at radius 3 is 2.05 bits per heavy atom. The lowest BCUT2D eigenvalue weighted by molar-refractivity contribution is 0.169. The molecule has 2 atom stereocenters. The van der Waals surface area contributed by atoms with Gasteiger partial charge in [0.05, 0.1) is 6.67 Å². The van der Waals surface area contributed by atoms with Crippen molar-refractivity contribution in [2.24, 2.45) is 5.73 Å². The second-order valence-corrected chi connectivity index (χ2v) is 5.69. The Balaban J connectivity index is 0. The van der Waals surface area contributed by atoms with Crippen LogP contribution < -0.4 is 5.73 Å². The number of hydrogen-bond donors (Lipinski definition) is 2. The summed E-state index contributed by atoms with van der Waals surface area (Å²) in [5.74, 6) is -1.21. The molecule has 0 radical (unpaired) electrons. The molecule has 20 heavy (non-hydrogen) atoms. The van der Waals surface area contributed by atoms with Crippen LogP contribution in [0.5, 0.6) is 0 Å². The van der Waals surface area contributed by atoms with Crippen molar-refractivity contribution in [3.05, 3.63) is 12.7 Å². The lowest BCUT2D eigenvalue weighted by atomic mass is 10.1. The molecule has 0 saturated carbocycles. The van der Waals surface area contributed by atoms with Crippen molar-refractivity contribution >= 4 is 10.1 Å². The highest BCUT2D eigenvalue weighted by atomic mass is 32.2. The van der Waals surface area contributed by atoms with E-state index in [-0.39, 0.29) is 6.42 Å². The molecule has 0 bridgehead atoms. The van der Waals surface area contributed by atoms with E-state index in [4.69, 9.17) is 10.3 Å². The molecular formula is C12H24F3NO3S. The third-order valence-corrected chi connectivity index (χ3v) is 3.03. The second kappa shape index (κ2) is 13.4. The maximum absolute atomic E-state index is 13.0. The third-order valence-electron chi connectivity index (χ3n) is 2.29. The Bertz CT molecular complexity index is 326. The van der Waals surface area contributed by atoms with Gasteiger partial charge in [-0.05, 0) is 12.8 Å². The van der Waals surface area contributed by atoms with Crippen LogP contribution in [0.2, 0.25) is 0 Å². The fraction of sp³-hybridized carbons (Fsp3) is 0.833. The highest BCUT2D eigenvalue weighted by Crippen LogP contribution is 2.15. The molecule has 0 amide bonds. The number of nitrogens with two attached hydrogens (primary N) is 1. The second-order valence-electron chi connectivity index (χ2n) is 4.20. The molecule has 4 nitrogen and oxygen atoms in total. The fourth-order valence-corrected chi connectivity index (χ4v) is 1.89. The van der Waals surface area contributed by atoms with Crippen LogP contribution in [0.25, 0.3) is 0 Å². The zero-order valence-electron chi connectivity index (χ0n) is 11.5. The summed E-state index contributed by atoms with van der Waals surface area (Å²) in [6.45, 7) is 3.51. The zero-order chi connectivity index (χ0) is 16.0. The molecule has 0 aliphatic rings. The van der Waals surface area contributed by atoms with Gasteiger partial charge in [0.25, 0.3) is 10.1 Å². The lowest BCUT2D eigenvalue weighted by Crippen LogP contribution is -2.26. The van der Waals surface area contributed by atoms with Crippen LogP contribution in [0.4, 0.5) is 13.2 Å². The largest absolute Gasteiger partial charge is 0.327 e. The maximum atomic E-state index is 13.0. The van der Waals surface area contributed by atoms with Gasteiger partial charge < -0.3 is 5.73 Å². The van der Waals surface area contributed by atoms with Crippen molar-refractivity contribution < 1.29 is 26.1 Å². The molecule has 0 aromatic carbocycles. The summed E-state index contributed by atoms with van der Waals surface area (Å²) >= 11 is 0. The van der Waals surface area contributed by atoms with E-state index in [1.54, 1.807) is 6.08 Å². The molecule has 0 spiro atoms. The predicted octanol–water partition coefficient (Wildman–Crippen LogP) is 2.60. The first kappa shape index (κ1) is 21.7. The predicted molar refractivity (Wildman–Crippen MR) is 74.5 cm³/mol. The molecule has 2 unspecified atom stereocenters.